The van der Waals surface area contributed by atoms with Crippen molar-refractivity contribution in [1.82, 2.24) is 9.88 Å². The zero-order valence-electron chi connectivity index (χ0n) is 17.6. The van der Waals surface area contributed by atoms with E-state index in [2.05, 4.69) is 20.8 Å². The average molecular weight is 410 g/mol. The van der Waals surface area contributed by atoms with Crippen molar-refractivity contribution in [3.63, 3.8) is 0 Å². The van der Waals surface area contributed by atoms with E-state index >= 15 is 0 Å². The number of esters is 1. The zero-order chi connectivity index (χ0) is 21.5. The summed E-state index contributed by atoms with van der Waals surface area (Å²) in [6.07, 6.45) is 1.87. The molecule has 1 aliphatic carbocycles. The molecule has 0 unspecified atom stereocenters. The minimum Gasteiger partial charge on any atom is -0.452 e. The molecule has 158 valence electrons. The Morgan fingerprint density at radius 2 is 2.03 bits per heavy atom. The van der Waals surface area contributed by atoms with Crippen molar-refractivity contribution in [3.05, 3.63) is 41.1 Å². The van der Waals surface area contributed by atoms with E-state index in [4.69, 9.17) is 14.5 Å². The third-order valence-electron chi connectivity index (χ3n) is 6.08. The van der Waals surface area contributed by atoms with E-state index in [0.29, 0.717) is 11.5 Å². The molecule has 30 heavy (non-hydrogen) atoms. The van der Waals surface area contributed by atoms with Gasteiger partial charge in [0.05, 0.1) is 17.6 Å². The Hall–Kier alpha value is -2.96. The number of hydrogen-bond acceptors (Lipinski definition) is 6. The molecule has 4 rings (SSSR count). The molecular formula is C23H26N2O5. The Morgan fingerprint density at radius 3 is 2.73 bits per heavy atom. The summed E-state index contributed by atoms with van der Waals surface area (Å²) in [5, 5.41) is 0.726. The third kappa shape index (κ3) is 3.76. The molecule has 2 aliphatic rings. The van der Waals surface area contributed by atoms with Crippen LogP contribution >= 0.6 is 0 Å². The highest BCUT2D eigenvalue weighted by Crippen LogP contribution is 2.39. The van der Waals surface area contributed by atoms with Crippen LogP contribution in [0.1, 0.15) is 48.8 Å². The summed E-state index contributed by atoms with van der Waals surface area (Å²) in [5.41, 5.74) is 3.18. The van der Waals surface area contributed by atoms with Crippen LogP contribution in [0.15, 0.2) is 24.3 Å². The molecular weight excluding hydrogens is 384 g/mol. The van der Waals surface area contributed by atoms with E-state index in [9.17, 15) is 14.4 Å². The van der Waals surface area contributed by atoms with Crippen molar-refractivity contribution < 1.29 is 23.9 Å². The molecule has 2 aromatic rings. The monoisotopic (exact) mass is 410 g/mol. The first-order valence-electron chi connectivity index (χ1n) is 10.3. The Balaban J connectivity index is 1.66. The number of pyridine rings is 1. The van der Waals surface area contributed by atoms with Gasteiger partial charge in [-0.25, -0.2) is 14.5 Å². The van der Waals surface area contributed by atoms with Gasteiger partial charge in [-0.15, -0.1) is 0 Å². The fourth-order valence-electron chi connectivity index (χ4n) is 4.26. The van der Waals surface area contributed by atoms with Crippen LogP contribution in [0.4, 0.5) is 4.79 Å². The maximum Gasteiger partial charge on any atom is 0.416 e. The number of carbonyl (C=O) groups is 3. The first-order chi connectivity index (χ1) is 14.3. The number of ether oxygens (including phenoxy) is 2. The molecule has 0 N–H and O–H groups in total. The lowest BCUT2D eigenvalue weighted by Crippen LogP contribution is -2.35. The lowest BCUT2D eigenvalue weighted by atomic mass is 9.70. The van der Waals surface area contributed by atoms with Gasteiger partial charge in [0.25, 0.3) is 5.91 Å². The highest BCUT2D eigenvalue weighted by atomic mass is 16.6. The van der Waals surface area contributed by atoms with Gasteiger partial charge in [-0.3, -0.25) is 9.78 Å². The lowest BCUT2D eigenvalue weighted by molar-refractivity contribution is -0.131. The highest BCUT2D eigenvalue weighted by Gasteiger charge is 2.34. The fourth-order valence-corrected chi connectivity index (χ4v) is 4.26. The molecule has 1 saturated heterocycles. The van der Waals surface area contributed by atoms with Crippen LogP contribution in [0, 0.1) is 11.3 Å². The van der Waals surface area contributed by atoms with E-state index in [1.165, 1.54) is 0 Å². The molecule has 0 bridgehead atoms. The molecule has 1 fully saturated rings. The second-order valence-electron chi connectivity index (χ2n) is 8.97. The van der Waals surface area contributed by atoms with Crippen molar-refractivity contribution in [2.45, 2.75) is 40.0 Å². The van der Waals surface area contributed by atoms with Gasteiger partial charge in [0.2, 0.25) is 0 Å². The summed E-state index contributed by atoms with van der Waals surface area (Å²) in [4.78, 5) is 42.7. The second kappa shape index (κ2) is 7.70. The van der Waals surface area contributed by atoms with Gasteiger partial charge in [0, 0.05) is 11.1 Å². The summed E-state index contributed by atoms with van der Waals surface area (Å²) < 4.78 is 10.2. The van der Waals surface area contributed by atoms with E-state index in [1.54, 1.807) is 0 Å². The fraction of sp³-hybridized carbons (Fsp3) is 0.478. The summed E-state index contributed by atoms with van der Waals surface area (Å²) in [6, 6.07) is 7.50. The van der Waals surface area contributed by atoms with Crippen LogP contribution in [-0.4, -0.2) is 47.6 Å². The topological polar surface area (TPSA) is 85.8 Å². The zero-order valence-corrected chi connectivity index (χ0v) is 17.6. The van der Waals surface area contributed by atoms with E-state index < -0.39 is 24.6 Å². The van der Waals surface area contributed by atoms with E-state index in [0.717, 1.165) is 46.3 Å². The largest absolute Gasteiger partial charge is 0.452 e. The first kappa shape index (κ1) is 20.3. The predicted octanol–water partition coefficient (Wildman–Crippen LogP) is 3.52. The van der Waals surface area contributed by atoms with Gasteiger partial charge in [-0.05, 0) is 42.2 Å². The van der Waals surface area contributed by atoms with Crippen LogP contribution in [0.2, 0.25) is 0 Å². The number of imide groups is 1. The molecule has 0 saturated carbocycles. The molecule has 2 amide bonds. The molecule has 7 heteroatoms. The SMILES string of the molecule is CC(C)(C)[C@@H]1CCc2nc3ccccc3c(C(=O)OCC(=O)N3CCOC3=O)c2C1. The number of fused-ring (bicyclic) bond motifs is 2. The van der Waals surface area contributed by atoms with Gasteiger partial charge < -0.3 is 9.47 Å². The van der Waals surface area contributed by atoms with Crippen LogP contribution in [-0.2, 0) is 27.1 Å². The summed E-state index contributed by atoms with van der Waals surface area (Å²) >= 11 is 0. The van der Waals surface area contributed by atoms with Crippen molar-refractivity contribution in [2.24, 2.45) is 11.3 Å². The Bertz CT molecular complexity index is 1020. The van der Waals surface area contributed by atoms with Gasteiger partial charge in [-0.2, -0.15) is 0 Å². The summed E-state index contributed by atoms with van der Waals surface area (Å²) in [5.74, 6) is -0.716. The molecule has 0 radical (unpaired) electrons. The number of aryl methyl sites for hydroxylation is 1. The molecule has 7 nitrogen and oxygen atoms in total. The predicted molar refractivity (Wildman–Crippen MR) is 110 cm³/mol. The molecule has 1 aromatic heterocycles. The van der Waals surface area contributed by atoms with Crippen molar-refractivity contribution in [2.75, 3.05) is 19.8 Å². The summed E-state index contributed by atoms with van der Waals surface area (Å²) in [7, 11) is 0. The van der Waals surface area contributed by atoms with E-state index in [-0.39, 0.29) is 18.6 Å². The number of benzene rings is 1. The number of cyclic esters (lactones) is 1. The molecule has 1 atom stereocenters. The Kier molecular flexibility index (Phi) is 5.22. The molecule has 1 aromatic carbocycles. The van der Waals surface area contributed by atoms with Gasteiger partial charge >= 0.3 is 12.1 Å². The summed E-state index contributed by atoms with van der Waals surface area (Å²) in [6.45, 7) is 6.47. The number of nitrogens with zero attached hydrogens (tertiary/aromatic N) is 2. The number of para-hydroxylation sites is 1. The standard InChI is InChI=1S/C23H26N2O5/c1-23(2,3)14-8-9-18-16(12-14)20(15-6-4-5-7-17(15)24-18)21(27)30-13-19(26)25-10-11-29-22(25)28/h4-7,14H,8-13H2,1-3H3/t14-/m1/s1. The maximum atomic E-state index is 13.2. The van der Waals surface area contributed by atoms with Crippen LogP contribution in [0.25, 0.3) is 10.9 Å². The minimum absolute atomic E-state index is 0.108. The van der Waals surface area contributed by atoms with Gasteiger partial charge in [0.1, 0.15) is 6.61 Å². The highest BCUT2D eigenvalue weighted by molar-refractivity contribution is 6.06. The van der Waals surface area contributed by atoms with Crippen molar-refractivity contribution >= 4 is 28.9 Å². The van der Waals surface area contributed by atoms with Crippen LogP contribution < -0.4 is 0 Å². The maximum absolute atomic E-state index is 13.2. The number of rotatable bonds is 3. The third-order valence-corrected chi connectivity index (χ3v) is 6.08. The number of amides is 2. The van der Waals surface area contributed by atoms with Crippen LogP contribution in [0.5, 0.6) is 0 Å². The number of carbonyl (C=O) groups excluding carboxylic acids is 3. The molecule has 1 aliphatic heterocycles. The van der Waals surface area contributed by atoms with Crippen molar-refractivity contribution in [3.8, 4) is 0 Å². The smallest absolute Gasteiger partial charge is 0.416 e. The van der Waals surface area contributed by atoms with Crippen molar-refractivity contribution in [1.29, 1.82) is 0 Å². The van der Waals surface area contributed by atoms with E-state index in [1.807, 2.05) is 24.3 Å². The quantitative estimate of drug-likeness (QED) is 0.720. The average Bonchev–Trinajstić information content (AvgIpc) is 3.14. The molecule has 0 spiro atoms. The second-order valence-corrected chi connectivity index (χ2v) is 8.97. The van der Waals surface area contributed by atoms with Gasteiger partial charge in [0.15, 0.2) is 6.61 Å². The normalized spacial score (nSPS) is 18.8. The molecule has 2 heterocycles. The minimum atomic E-state index is -0.698. The van der Waals surface area contributed by atoms with Gasteiger partial charge in [-0.1, -0.05) is 39.0 Å². The van der Waals surface area contributed by atoms with Crippen LogP contribution in [0.3, 0.4) is 0 Å². The Morgan fingerprint density at radius 1 is 1.27 bits per heavy atom. The first-order valence-corrected chi connectivity index (χ1v) is 10.3. The Labute approximate surface area is 175 Å². The number of hydrogen-bond donors (Lipinski definition) is 0. The lowest BCUT2D eigenvalue weighted by Gasteiger charge is -2.35. The number of aromatic nitrogens is 1.